The molecule has 4 saturated carbocycles. The minimum Gasteiger partial charge on any atom is -0.462 e. The van der Waals surface area contributed by atoms with Crippen molar-refractivity contribution in [1.82, 2.24) is 0 Å². The van der Waals surface area contributed by atoms with Crippen molar-refractivity contribution in [3.63, 3.8) is 0 Å². The number of carbonyl (C=O) groups excluding carboxylic acids is 5. The van der Waals surface area contributed by atoms with Crippen LogP contribution in [0.15, 0.2) is 12.2 Å². The molecule has 0 unspecified atom stereocenters. The molecule has 4 aliphatic rings. The highest BCUT2D eigenvalue weighted by Crippen LogP contribution is 2.72. The van der Waals surface area contributed by atoms with E-state index in [-0.39, 0.29) is 30.5 Å². The number of ketones is 1. The van der Waals surface area contributed by atoms with E-state index in [1.807, 2.05) is 20.8 Å². The Morgan fingerprint density at radius 1 is 0.811 bits per heavy atom. The van der Waals surface area contributed by atoms with Gasteiger partial charge >= 0.3 is 23.9 Å². The molecule has 4 fully saturated rings. The molecule has 1 spiro atoms. The molecule has 4 aliphatic carbocycles. The zero-order valence-corrected chi connectivity index (χ0v) is 22.8. The lowest BCUT2D eigenvalue weighted by Crippen LogP contribution is -2.70. The van der Waals surface area contributed by atoms with Gasteiger partial charge in [-0.2, -0.15) is 0 Å². The largest absolute Gasteiger partial charge is 0.462 e. The summed E-state index contributed by atoms with van der Waals surface area (Å²) in [7, 11) is 0. The normalized spacial score (nSPS) is 41.6. The van der Waals surface area contributed by atoms with Crippen LogP contribution in [0.4, 0.5) is 0 Å². The van der Waals surface area contributed by atoms with Crippen molar-refractivity contribution in [3.8, 4) is 0 Å². The number of esters is 4. The monoisotopic (exact) mass is 518 g/mol. The number of carbonyl (C=O) groups is 5. The second-order valence-electron chi connectivity index (χ2n) is 12.3. The molecular formula is C28H38O9. The van der Waals surface area contributed by atoms with Crippen LogP contribution >= 0.6 is 0 Å². The van der Waals surface area contributed by atoms with E-state index in [2.05, 4.69) is 6.58 Å². The third-order valence-electron chi connectivity index (χ3n) is 9.38. The number of hydrogen-bond donors (Lipinski definition) is 0. The molecule has 0 heterocycles. The van der Waals surface area contributed by atoms with Crippen molar-refractivity contribution in [2.45, 2.75) is 98.6 Å². The molecule has 0 aromatic heterocycles. The summed E-state index contributed by atoms with van der Waals surface area (Å²) in [5.41, 5.74) is -1.79. The van der Waals surface area contributed by atoms with Gasteiger partial charge in [-0.05, 0) is 36.2 Å². The second-order valence-corrected chi connectivity index (χ2v) is 12.3. The van der Waals surface area contributed by atoms with E-state index in [1.54, 1.807) is 0 Å². The first-order valence-electron chi connectivity index (χ1n) is 12.9. The molecule has 0 aromatic carbocycles. The average molecular weight is 519 g/mol. The zero-order valence-electron chi connectivity index (χ0n) is 22.8. The lowest BCUT2D eigenvalue weighted by atomic mass is 9.39. The van der Waals surface area contributed by atoms with Crippen molar-refractivity contribution < 1.29 is 42.9 Å². The molecule has 9 nitrogen and oxygen atoms in total. The molecule has 204 valence electrons. The summed E-state index contributed by atoms with van der Waals surface area (Å²) >= 11 is 0. The molecule has 0 aromatic rings. The fourth-order valence-electron chi connectivity index (χ4n) is 9.03. The molecule has 2 bridgehead atoms. The van der Waals surface area contributed by atoms with Crippen molar-refractivity contribution >= 4 is 29.7 Å². The van der Waals surface area contributed by atoms with Gasteiger partial charge < -0.3 is 18.9 Å². The van der Waals surface area contributed by atoms with Crippen LogP contribution in [0.1, 0.15) is 74.1 Å². The van der Waals surface area contributed by atoms with E-state index in [0.29, 0.717) is 12.8 Å². The topological polar surface area (TPSA) is 122 Å². The molecule has 0 amide bonds. The number of rotatable bonds is 4. The molecular weight excluding hydrogens is 480 g/mol. The first kappa shape index (κ1) is 27.3. The smallest absolute Gasteiger partial charge is 0.303 e. The average Bonchev–Trinajstić information content (AvgIpc) is 2.89. The summed E-state index contributed by atoms with van der Waals surface area (Å²) in [6.45, 7) is 15.2. The summed E-state index contributed by atoms with van der Waals surface area (Å²) in [6.07, 6.45) is -1.45. The van der Waals surface area contributed by atoms with Gasteiger partial charge in [-0.25, -0.2) is 0 Å². The Kier molecular flexibility index (Phi) is 6.61. The number of Topliss-reactive ketones (excluding diaryl/α,β-unsaturated/α-hetero) is 1. The fourth-order valence-corrected chi connectivity index (χ4v) is 9.03. The molecule has 4 rings (SSSR count). The third-order valence-corrected chi connectivity index (χ3v) is 9.38. The summed E-state index contributed by atoms with van der Waals surface area (Å²) in [5, 5.41) is 0. The van der Waals surface area contributed by atoms with Crippen LogP contribution in [0.2, 0.25) is 0 Å². The molecule has 0 N–H and O–H groups in total. The third kappa shape index (κ3) is 4.18. The molecule has 9 heteroatoms. The highest BCUT2D eigenvalue weighted by molar-refractivity contribution is 5.86. The van der Waals surface area contributed by atoms with E-state index in [0.717, 1.165) is 5.57 Å². The van der Waals surface area contributed by atoms with E-state index >= 15 is 0 Å². The Hall–Kier alpha value is -2.71. The second kappa shape index (κ2) is 8.95. The van der Waals surface area contributed by atoms with Gasteiger partial charge in [-0.15, -0.1) is 0 Å². The molecule has 0 radical (unpaired) electrons. The van der Waals surface area contributed by atoms with Crippen LogP contribution in [-0.2, 0) is 42.9 Å². The number of ether oxygens (including phenoxy) is 4. The molecule has 9 atom stereocenters. The van der Waals surface area contributed by atoms with Crippen LogP contribution in [-0.4, -0.2) is 54.1 Å². The number of hydrogen-bond acceptors (Lipinski definition) is 9. The Balaban J connectivity index is 1.91. The van der Waals surface area contributed by atoms with Crippen LogP contribution < -0.4 is 0 Å². The zero-order chi connectivity index (χ0) is 27.7. The van der Waals surface area contributed by atoms with Gasteiger partial charge in [0.2, 0.25) is 0 Å². The van der Waals surface area contributed by atoms with E-state index in [4.69, 9.17) is 18.9 Å². The number of fused-ring (bicyclic) bond motifs is 3. The van der Waals surface area contributed by atoms with Gasteiger partial charge in [0.1, 0.15) is 30.2 Å². The van der Waals surface area contributed by atoms with Crippen molar-refractivity contribution in [2.75, 3.05) is 0 Å². The lowest BCUT2D eigenvalue weighted by molar-refractivity contribution is -0.249. The predicted octanol–water partition coefficient (Wildman–Crippen LogP) is 3.32. The minimum atomic E-state index is -0.901. The van der Waals surface area contributed by atoms with Crippen LogP contribution in [0.25, 0.3) is 0 Å². The standard InChI is InChI=1S/C28H38O9/c1-13-18-9-20(34-14(2)29)23-27(8)12-21(35-15(3)30)25(37-17(5)32)26(6,7)22(27)19(33)11-28(23,10-18)24(13)36-16(4)31/h18,20-25H,1,9-12H2,2-8H3/t18-,20+,21+,22-,23+,24-,25+,27-,28+/m1/s1. The SMILES string of the molecule is C=C1[C@@H]2C[C@H](OC(C)=O)[C@H]3[C@]4(C)C[C@H](OC(C)=O)[C@H](OC(C)=O)C(C)(C)[C@H]4C(=O)C[C@]3(C2)[C@@H]1OC(C)=O. The van der Waals surface area contributed by atoms with E-state index in [1.165, 1.54) is 27.7 Å². The van der Waals surface area contributed by atoms with E-state index in [9.17, 15) is 24.0 Å². The lowest BCUT2D eigenvalue weighted by Gasteiger charge is -2.66. The maximum absolute atomic E-state index is 14.2. The fraction of sp³-hybridized carbons (Fsp3) is 0.750. The van der Waals surface area contributed by atoms with E-state index < -0.39 is 70.5 Å². The summed E-state index contributed by atoms with van der Waals surface area (Å²) < 4.78 is 23.2. The quantitative estimate of drug-likeness (QED) is 0.313. The molecule has 37 heavy (non-hydrogen) atoms. The summed E-state index contributed by atoms with van der Waals surface area (Å²) in [5.74, 6) is -3.02. The highest BCUT2D eigenvalue weighted by atomic mass is 16.6. The maximum atomic E-state index is 14.2. The Morgan fingerprint density at radius 3 is 1.89 bits per heavy atom. The molecule has 0 saturated heterocycles. The highest BCUT2D eigenvalue weighted by Gasteiger charge is 2.75. The van der Waals surface area contributed by atoms with Gasteiger partial charge in [0.05, 0.1) is 0 Å². The van der Waals surface area contributed by atoms with Crippen LogP contribution in [0, 0.1) is 34.0 Å². The first-order valence-corrected chi connectivity index (χ1v) is 12.9. The van der Waals surface area contributed by atoms with Gasteiger partial charge in [0.15, 0.2) is 0 Å². The Bertz CT molecular complexity index is 1060. The van der Waals surface area contributed by atoms with Crippen LogP contribution in [0.3, 0.4) is 0 Å². The summed E-state index contributed by atoms with van der Waals surface area (Å²) in [6, 6.07) is 0. The summed E-state index contributed by atoms with van der Waals surface area (Å²) in [4.78, 5) is 62.9. The van der Waals surface area contributed by atoms with Gasteiger partial charge in [-0.1, -0.05) is 27.4 Å². The Morgan fingerprint density at radius 2 is 1.35 bits per heavy atom. The van der Waals surface area contributed by atoms with Crippen molar-refractivity contribution in [1.29, 1.82) is 0 Å². The van der Waals surface area contributed by atoms with Crippen LogP contribution in [0.5, 0.6) is 0 Å². The molecule has 0 aliphatic heterocycles. The Labute approximate surface area is 217 Å². The first-order chi connectivity index (χ1) is 17.0. The van der Waals surface area contributed by atoms with Gasteiger partial charge in [0, 0.05) is 56.8 Å². The van der Waals surface area contributed by atoms with Crippen molar-refractivity contribution in [3.05, 3.63) is 12.2 Å². The maximum Gasteiger partial charge on any atom is 0.303 e. The van der Waals surface area contributed by atoms with Gasteiger partial charge in [0.25, 0.3) is 0 Å². The van der Waals surface area contributed by atoms with Crippen molar-refractivity contribution in [2.24, 2.45) is 34.0 Å². The van der Waals surface area contributed by atoms with Gasteiger partial charge in [-0.3, -0.25) is 24.0 Å². The minimum absolute atomic E-state index is 0.0312. The predicted molar refractivity (Wildman–Crippen MR) is 130 cm³/mol.